The van der Waals surface area contributed by atoms with E-state index >= 15 is 0 Å². The average Bonchev–Trinajstić information content (AvgIpc) is 2.50. The van der Waals surface area contributed by atoms with Gasteiger partial charge in [0.1, 0.15) is 5.75 Å². The summed E-state index contributed by atoms with van der Waals surface area (Å²) < 4.78 is 50.2. The fourth-order valence-corrected chi connectivity index (χ4v) is 2.85. The van der Waals surface area contributed by atoms with Crippen LogP contribution < -0.4 is 4.74 Å². The minimum atomic E-state index is -4.73. The molecule has 0 bridgehead atoms. The Kier molecular flexibility index (Phi) is 6.03. The Morgan fingerprint density at radius 3 is 2.60 bits per heavy atom. The molecule has 0 aliphatic carbocycles. The lowest BCUT2D eigenvalue weighted by atomic mass is 9.95. The number of esters is 1. The Bertz CT molecular complexity index is 681. The number of halogens is 4. The van der Waals surface area contributed by atoms with Gasteiger partial charge in [-0.1, -0.05) is 25.4 Å². The molecule has 3 nitrogen and oxygen atoms in total. The summed E-state index contributed by atoms with van der Waals surface area (Å²) in [6, 6.07) is 3.10. The topological polar surface area (TPSA) is 35.5 Å². The molecule has 0 spiro atoms. The molecule has 0 N–H and O–H groups in total. The third-order valence-electron chi connectivity index (χ3n) is 3.79. The molecule has 1 aliphatic heterocycles. The lowest BCUT2D eigenvalue weighted by Crippen LogP contribution is -2.41. The van der Waals surface area contributed by atoms with Gasteiger partial charge in [0.2, 0.25) is 6.10 Å². The molecule has 2 rings (SSSR count). The summed E-state index contributed by atoms with van der Waals surface area (Å²) in [5.41, 5.74) is 0.387. The second-order valence-corrected chi connectivity index (χ2v) is 6.71. The Morgan fingerprint density at radius 1 is 1.36 bits per heavy atom. The van der Waals surface area contributed by atoms with E-state index in [2.05, 4.69) is 0 Å². The van der Waals surface area contributed by atoms with Crippen LogP contribution in [0.5, 0.6) is 5.75 Å². The number of carbonyl (C=O) groups is 1. The minimum absolute atomic E-state index is 0.0250. The van der Waals surface area contributed by atoms with Crippen molar-refractivity contribution in [3.63, 3.8) is 0 Å². The lowest BCUT2D eigenvalue weighted by Gasteiger charge is -2.29. The number of hydrogen-bond acceptors (Lipinski definition) is 3. The molecule has 1 unspecified atom stereocenters. The quantitative estimate of drug-likeness (QED) is 0.663. The summed E-state index contributed by atoms with van der Waals surface area (Å²) in [7, 11) is 0. The summed E-state index contributed by atoms with van der Waals surface area (Å²) in [6.07, 6.45) is -4.60. The summed E-state index contributed by atoms with van der Waals surface area (Å²) in [4.78, 5) is 11.9. The van der Waals surface area contributed by atoms with E-state index in [1.54, 1.807) is 6.07 Å². The van der Waals surface area contributed by atoms with E-state index in [0.29, 0.717) is 28.5 Å². The van der Waals surface area contributed by atoms with Crippen LogP contribution in [0.25, 0.3) is 6.08 Å². The number of rotatable bonds is 5. The van der Waals surface area contributed by atoms with Crippen LogP contribution in [-0.2, 0) is 16.0 Å². The van der Waals surface area contributed by atoms with Crippen molar-refractivity contribution in [2.45, 2.75) is 45.9 Å². The van der Waals surface area contributed by atoms with Crippen molar-refractivity contribution in [3.05, 3.63) is 33.9 Å². The Labute approximate surface area is 149 Å². The van der Waals surface area contributed by atoms with Gasteiger partial charge in [0.05, 0.1) is 12.2 Å². The fourth-order valence-electron chi connectivity index (χ4n) is 2.60. The second kappa shape index (κ2) is 7.68. The van der Waals surface area contributed by atoms with Crippen LogP contribution in [0.4, 0.5) is 13.2 Å². The summed E-state index contributed by atoms with van der Waals surface area (Å²) in [5.74, 6) is -0.540. The SMILES string of the molecule is CCOC(=O)C1=Cc2cc(Cl)cc(CCC(C)C)c2OC1C(F)(F)F. The molecule has 138 valence electrons. The van der Waals surface area contributed by atoms with Gasteiger partial charge in [0.15, 0.2) is 0 Å². The number of fused-ring (bicyclic) bond motifs is 1. The lowest BCUT2D eigenvalue weighted by molar-refractivity contribution is -0.188. The monoisotopic (exact) mass is 376 g/mol. The molecular formula is C18H20ClF3O3. The smallest absolute Gasteiger partial charge is 0.430 e. The number of ether oxygens (including phenoxy) is 2. The van der Waals surface area contributed by atoms with E-state index in [1.807, 2.05) is 13.8 Å². The minimum Gasteiger partial charge on any atom is -0.475 e. The van der Waals surface area contributed by atoms with Gasteiger partial charge in [-0.05, 0) is 49.5 Å². The highest BCUT2D eigenvalue weighted by Crippen LogP contribution is 2.41. The van der Waals surface area contributed by atoms with Gasteiger partial charge in [-0.25, -0.2) is 4.79 Å². The highest BCUT2D eigenvalue weighted by molar-refractivity contribution is 6.30. The van der Waals surface area contributed by atoms with Crippen LogP contribution in [0.1, 0.15) is 38.3 Å². The molecule has 0 fully saturated rings. The number of benzene rings is 1. The van der Waals surface area contributed by atoms with Gasteiger partial charge < -0.3 is 9.47 Å². The van der Waals surface area contributed by atoms with Gasteiger partial charge in [-0.2, -0.15) is 13.2 Å². The van der Waals surface area contributed by atoms with E-state index in [9.17, 15) is 18.0 Å². The highest BCUT2D eigenvalue weighted by atomic mass is 35.5. The maximum Gasteiger partial charge on any atom is 0.430 e. The number of hydrogen-bond donors (Lipinski definition) is 0. The molecule has 0 aromatic heterocycles. The zero-order valence-electron chi connectivity index (χ0n) is 14.2. The van der Waals surface area contributed by atoms with E-state index in [1.165, 1.54) is 19.1 Å². The van der Waals surface area contributed by atoms with Crippen LogP contribution in [-0.4, -0.2) is 24.9 Å². The largest absolute Gasteiger partial charge is 0.475 e. The normalized spacial score (nSPS) is 17.0. The van der Waals surface area contributed by atoms with E-state index < -0.39 is 23.8 Å². The second-order valence-electron chi connectivity index (χ2n) is 6.28. The van der Waals surface area contributed by atoms with E-state index in [-0.39, 0.29) is 12.4 Å². The van der Waals surface area contributed by atoms with Crippen molar-refractivity contribution < 1.29 is 27.4 Å². The molecule has 0 saturated heterocycles. The third-order valence-corrected chi connectivity index (χ3v) is 4.01. The number of carbonyl (C=O) groups excluding carboxylic acids is 1. The van der Waals surface area contributed by atoms with Crippen molar-refractivity contribution in [2.24, 2.45) is 5.92 Å². The Balaban J connectivity index is 2.51. The fraction of sp³-hybridized carbons (Fsp3) is 0.500. The van der Waals surface area contributed by atoms with Gasteiger partial charge >= 0.3 is 12.1 Å². The standard InChI is InChI=1S/C18H20ClF3O3/c1-4-24-17(23)14-9-12-8-13(19)7-11(6-5-10(2)3)15(12)25-16(14)18(20,21)22/h7-10,16H,4-6H2,1-3H3. The number of alkyl halides is 3. The first kappa shape index (κ1) is 19.6. The predicted octanol–water partition coefficient (Wildman–Crippen LogP) is 5.20. The molecule has 1 atom stereocenters. The summed E-state index contributed by atoms with van der Waals surface area (Å²) >= 11 is 6.09. The number of aryl methyl sites for hydroxylation is 1. The van der Waals surface area contributed by atoms with Gasteiger partial charge in [0.25, 0.3) is 0 Å². The maximum atomic E-state index is 13.4. The Hall–Kier alpha value is -1.69. The van der Waals surface area contributed by atoms with Crippen molar-refractivity contribution >= 4 is 23.6 Å². The zero-order valence-corrected chi connectivity index (χ0v) is 15.0. The van der Waals surface area contributed by atoms with Crippen molar-refractivity contribution in [1.29, 1.82) is 0 Å². The zero-order chi connectivity index (χ0) is 18.8. The first-order valence-electron chi connectivity index (χ1n) is 8.08. The molecule has 25 heavy (non-hydrogen) atoms. The van der Waals surface area contributed by atoms with Crippen LogP contribution in [0.15, 0.2) is 17.7 Å². The van der Waals surface area contributed by atoms with E-state index in [0.717, 1.165) is 6.42 Å². The molecule has 1 aliphatic rings. The average molecular weight is 377 g/mol. The van der Waals surface area contributed by atoms with Crippen LogP contribution in [0, 0.1) is 5.92 Å². The molecule has 1 aromatic rings. The predicted molar refractivity (Wildman–Crippen MR) is 89.7 cm³/mol. The molecular weight excluding hydrogens is 357 g/mol. The molecule has 1 aromatic carbocycles. The maximum absolute atomic E-state index is 13.4. The van der Waals surface area contributed by atoms with Gasteiger partial charge in [-0.15, -0.1) is 0 Å². The molecule has 0 saturated carbocycles. The first-order chi connectivity index (χ1) is 11.6. The third kappa shape index (κ3) is 4.69. The molecule has 1 heterocycles. The Morgan fingerprint density at radius 2 is 2.04 bits per heavy atom. The molecule has 0 radical (unpaired) electrons. The summed E-state index contributed by atoms with van der Waals surface area (Å²) in [6.45, 7) is 5.55. The molecule has 7 heteroatoms. The van der Waals surface area contributed by atoms with E-state index in [4.69, 9.17) is 21.1 Å². The summed E-state index contributed by atoms with van der Waals surface area (Å²) in [5, 5.41) is 0.381. The van der Waals surface area contributed by atoms with Crippen molar-refractivity contribution in [2.75, 3.05) is 6.61 Å². The van der Waals surface area contributed by atoms with Crippen molar-refractivity contribution in [3.8, 4) is 5.75 Å². The first-order valence-corrected chi connectivity index (χ1v) is 8.45. The molecule has 0 amide bonds. The van der Waals surface area contributed by atoms with Crippen LogP contribution in [0.2, 0.25) is 5.02 Å². The van der Waals surface area contributed by atoms with Crippen LogP contribution >= 0.6 is 11.6 Å². The van der Waals surface area contributed by atoms with Crippen LogP contribution in [0.3, 0.4) is 0 Å². The van der Waals surface area contributed by atoms with Crippen molar-refractivity contribution in [1.82, 2.24) is 0 Å². The van der Waals surface area contributed by atoms with Gasteiger partial charge in [-0.3, -0.25) is 0 Å². The highest BCUT2D eigenvalue weighted by Gasteiger charge is 2.49. The van der Waals surface area contributed by atoms with Gasteiger partial charge in [0, 0.05) is 10.6 Å².